The molecular formula is C18H21ClN4O2S. The first kappa shape index (κ1) is 18.8. The van der Waals surface area contributed by atoms with E-state index in [-0.39, 0.29) is 23.7 Å². The average molecular weight is 393 g/mol. The van der Waals surface area contributed by atoms with Gasteiger partial charge in [0.1, 0.15) is 5.01 Å². The standard InChI is InChI=1S/C18H21ClN4O2S/c1-11(2)16-21-22-18(26-16)20-15(24)13-4-3-9-23(10-13)17(25)12-5-7-14(19)8-6-12/h5-8,11,13H,3-4,9-10H2,1-2H3,(H,20,22,24). The van der Waals surface area contributed by atoms with Crippen LogP contribution in [0, 0.1) is 5.92 Å². The third-order valence-electron chi connectivity index (χ3n) is 4.34. The van der Waals surface area contributed by atoms with Gasteiger partial charge in [0.15, 0.2) is 0 Å². The summed E-state index contributed by atoms with van der Waals surface area (Å²) in [7, 11) is 0. The number of carbonyl (C=O) groups excluding carboxylic acids is 2. The van der Waals surface area contributed by atoms with Crippen molar-refractivity contribution in [2.45, 2.75) is 32.6 Å². The smallest absolute Gasteiger partial charge is 0.253 e. The number of hydrogen-bond acceptors (Lipinski definition) is 5. The van der Waals surface area contributed by atoms with Crippen LogP contribution in [-0.4, -0.2) is 40.0 Å². The van der Waals surface area contributed by atoms with Crippen molar-refractivity contribution in [2.24, 2.45) is 5.92 Å². The monoisotopic (exact) mass is 392 g/mol. The molecule has 0 radical (unpaired) electrons. The lowest BCUT2D eigenvalue weighted by Gasteiger charge is -2.32. The molecule has 1 N–H and O–H groups in total. The molecule has 0 saturated carbocycles. The van der Waals surface area contributed by atoms with E-state index in [0.717, 1.165) is 17.8 Å². The van der Waals surface area contributed by atoms with Crippen LogP contribution in [0.2, 0.25) is 5.02 Å². The molecule has 3 rings (SSSR count). The zero-order chi connectivity index (χ0) is 18.7. The highest BCUT2D eigenvalue weighted by atomic mass is 35.5. The Balaban J connectivity index is 1.62. The lowest BCUT2D eigenvalue weighted by Crippen LogP contribution is -2.43. The van der Waals surface area contributed by atoms with E-state index in [1.54, 1.807) is 29.2 Å². The van der Waals surface area contributed by atoms with Crippen molar-refractivity contribution in [3.8, 4) is 0 Å². The number of amides is 2. The number of rotatable bonds is 4. The first-order chi connectivity index (χ1) is 12.4. The van der Waals surface area contributed by atoms with Gasteiger partial charge in [0.25, 0.3) is 5.91 Å². The number of anilines is 1. The minimum Gasteiger partial charge on any atom is -0.338 e. The van der Waals surface area contributed by atoms with E-state index >= 15 is 0 Å². The maximum absolute atomic E-state index is 12.6. The van der Waals surface area contributed by atoms with Gasteiger partial charge in [0.2, 0.25) is 11.0 Å². The molecule has 1 aliphatic rings. The first-order valence-corrected chi connectivity index (χ1v) is 9.82. The van der Waals surface area contributed by atoms with Crippen LogP contribution in [0.25, 0.3) is 0 Å². The van der Waals surface area contributed by atoms with E-state index in [9.17, 15) is 9.59 Å². The molecule has 2 heterocycles. The molecule has 2 aromatic rings. The van der Waals surface area contributed by atoms with E-state index in [1.807, 2.05) is 13.8 Å². The molecule has 1 aromatic carbocycles. The molecule has 138 valence electrons. The number of piperidine rings is 1. The van der Waals surface area contributed by atoms with Crippen LogP contribution < -0.4 is 5.32 Å². The highest BCUT2D eigenvalue weighted by Crippen LogP contribution is 2.25. The highest BCUT2D eigenvalue weighted by molar-refractivity contribution is 7.15. The number of nitrogens with one attached hydrogen (secondary N) is 1. The summed E-state index contributed by atoms with van der Waals surface area (Å²) in [6, 6.07) is 6.82. The summed E-state index contributed by atoms with van der Waals surface area (Å²) >= 11 is 7.27. The van der Waals surface area contributed by atoms with E-state index in [2.05, 4.69) is 15.5 Å². The number of aromatic nitrogens is 2. The molecule has 0 bridgehead atoms. The van der Waals surface area contributed by atoms with Crippen LogP contribution in [0.15, 0.2) is 24.3 Å². The van der Waals surface area contributed by atoms with Gasteiger partial charge in [-0.25, -0.2) is 0 Å². The van der Waals surface area contributed by atoms with Crippen molar-refractivity contribution in [1.29, 1.82) is 0 Å². The Morgan fingerprint density at radius 2 is 2.00 bits per heavy atom. The van der Waals surface area contributed by atoms with E-state index in [4.69, 9.17) is 11.6 Å². The predicted octanol–water partition coefficient (Wildman–Crippen LogP) is 3.81. The maximum Gasteiger partial charge on any atom is 0.253 e. The van der Waals surface area contributed by atoms with Crippen molar-refractivity contribution in [1.82, 2.24) is 15.1 Å². The number of likely N-dealkylation sites (tertiary alicyclic amines) is 1. The molecule has 6 nitrogen and oxygen atoms in total. The number of benzene rings is 1. The van der Waals surface area contributed by atoms with Crippen LogP contribution in [0.5, 0.6) is 0 Å². The molecule has 26 heavy (non-hydrogen) atoms. The Bertz CT molecular complexity index is 791. The topological polar surface area (TPSA) is 75.2 Å². The molecule has 1 saturated heterocycles. The molecule has 1 aromatic heterocycles. The fourth-order valence-corrected chi connectivity index (χ4v) is 3.75. The molecule has 1 aliphatic heterocycles. The lowest BCUT2D eigenvalue weighted by atomic mass is 9.96. The fourth-order valence-electron chi connectivity index (χ4n) is 2.88. The molecular weight excluding hydrogens is 372 g/mol. The molecule has 0 aliphatic carbocycles. The summed E-state index contributed by atoms with van der Waals surface area (Å²) in [5.74, 6) is -0.144. The summed E-state index contributed by atoms with van der Waals surface area (Å²) in [6.07, 6.45) is 1.55. The Kier molecular flexibility index (Phi) is 5.88. The zero-order valence-corrected chi connectivity index (χ0v) is 16.3. The first-order valence-electron chi connectivity index (χ1n) is 8.63. The van der Waals surface area contributed by atoms with Gasteiger partial charge in [0, 0.05) is 29.6 Å². The molecule has 2 amide bonds. The van der Waals surface area contributed by atoms with Gasteiger partial charge in [0.05, 0.1) is 5.92 Å². The van der Waals surface area contributed by atoms with Gasteiger partial charge in [-0.15, -0.1) is 10.2 Å². The second-order valence-corrected chi connectivity index (χ2v) is 8.13. The summed E-state index contributed by atoms with van der Waals surface area (Å²) < 4.78 is 0. The van der Waals surface area contributed by atoms with Crippen LogP contribution in [0.4, 0.5) is 5.13 Å². The van der Waals surface area contributed by atoms with Crippen molar-refractivity contribution >= 4 is 39.9 Å². The second kappa shape index (κ2) is 8.14. The van der Waals surface area contributed by atoms with Crippen LogP contribution in [-0.2, 0) is 4.79 Å². The van der Waals surface area contributed by atoms with Gasteiger partial charge in [-0.3, -0.25) is 9.59 Å². The van der Waals surface area contributed by atoms with E-state index < -0.39 is 0 Å². The predicted molar refractivity (Wildman–Crippen MR) is 103 cm³/mol. The van der Waals surface area contributed by atoms with Gasteiger partial charge in [-0.05, 0) is 37.1 Å². The quantitative estimate of drug-likeness (QED) is 0.858. The van der Waals surface area contributed by atoms with Crippen LogP contribution in [0.3, 0.4) is 0 Å². The summed E-state index contributed by atoms with van der Waals surface area (Å²) in [5.41, 5.74) is 0.584. The largest absolute Gasteiger partial charge is 0.338 e. The van der Waals surface area contributed by atoms with Gasteiger partial charge in [-0.2, -0.15) is 0 Å². The molecule has 1 fully saturated rings. The number of halogens is 1. The Morgan fingerprint density at radius 1 is 1.27 bits per heavy atom. The third kappa shape index (κ3) is 4.40. The maximum atomic E-state index is 12.6. The van der Waals surface area contributed by atoms with Crippen molar-refractivity contribution in [3.05, 3.63) is 39.9 Å². The fraction of sp³-hybridized carbons (Fsp3) is 0.444. The normalized spacial score (nSPS) is 17.4. The zero-order valence-electron chi connectivity index (χ0n) is 14.7. The molecule has 1 atom stereocenters. The minimum atomic E-state index is -0.244. The summed E-state index contributed by atoms with van der Waals surface area (Å²) in [5, 5.41) is 13.0. The second-order valence-electron chi connectivity index (χ2n) is 6.69. The van der Waals surface area contributed by atoms with Crippen LogP contribution >= 0.6 is 22.9 Å². The minimum absolute atomic E-state index is 0.0721. The van der Waals surface area contributed by atoms with E-state index in [0.29, 0.717) is 28.8 Å². The average Bonchev–Trinajstić information content (AvgIpc) is 3.11. The molecule has 0 spiro atoms. The lowest BCUT2D eigenvalue weighted by molar-refractivity contribution is -0.121. The molecule has 8 heteroatoms. The highest BCUT2D eigenvalue weighted by Gasteiger charge is 2.29. The molecule has 1 unspecified atom stereocenters. The number of nitrogens with zero attached hydrogens (tertiary/aromatic N) is 3. The van der Waals surface area contributed by atoms with Crippen molar-refractivity contribution in [3.63, 3.8) is 0 Å². The number of carbonyl (C=O) groups is 2. The van der Waals surface area contributed by atoms with Crippen molar-refractivity contribution < 1.29 is 9.59 Å². The third-order valence-corrected chi connectivity index (χ3v) is 5.73. The Labute approximate surface area is 161 Å². The Morgan fingerprint density at radius 3 is 2.65 bits per heavy atom. The van der Waals surface area contributed by atoms with Gasteiger partial charge >= 0.3 is 0 Å². The van der Waals surface area contributed by atoms with Crippen molar-refractivity contribution in [2.75, 3.05) is 18.4 Å². The van der Waals surface area contributed by atoms with Crippen LogP contribution in [0.1, 0.15) is 48.0 Å². The number of hydrogen-bond donors (Lipinski definition) is 1. The van der Waals surface area contributed by atoms with Gasteiger partial charge in [-0.1, -0.05) is 36.8 Å². The van der Waals surface area contributed by atoms with Gasteiger partial charge < -0.3 is 10.2 Å². The SMILES string of the molecule is CC(C)c1nnc(NC(=O)C2CCCN(C(=O)c3ccc(Cl)cc3)C2)s1. The van der Waals surface area contributed by atoms with E-state index in [1.165, 1.54) is 11.3 Å². The summed E-state index contributed by atoms with van der Waals surface area (Å²) in [4.78, 5) is 26.9. The summed E-state index contributed by atoms with van der Waals surface area (Å²) in [6.45, 7) is 5.13. The Hall–Kier alpha value is -1.99.